The number of aromatic nitrogens is 4. The molecule has 3 rings (SSSR count). The molecule has 0 fully saturated rings. The van der Waals surface area contributed by atoms with Crippen molar-refractivity contribution in [3.8, 4) is 5.69 Å². The summed E-state index contributed by atoms with van der Waals surface area (Å²) in [5.41, 5.74) is 9.79. The van der Waals surface area contributed by atoms with Gasteiger partial charge in [-0.2, -0.15) is 0 Å². The van der Waals surface area contributed by atoms with Gasteiger partial charge in [-0.3, -0.25) is 4.57 Å². The van der Waals surface area contributed by atoms with Gasteiger partial charge in [0.25, 0.3) is 0 Å². The van der Waals surface area contributed by atoms with Gasteiger partial charge in [0, 0.05) is 11.4 Å². The highest BCUT2D eigenvalue weighted by Crippen LogP contribution is 2.22. The average Bonchev–Trinajstić information content (AvgIpc) is 2.78. The fraction of sp³-hybridized carbons (Fsp3) is 0.0833. The van der Waals surface area contributed by atoms with E-state index in [-0.39, 0.29) is 0 Å². The molecule has 2 aromatic heterocycles. The van der Waals surface area contributed by atoms with Crippen molar-refractivity contribution in [2.45, 2.75) is 6.92 Å². The smallest absolute Gasteiger partial charge is 0.169 e. The monoisotopic (exact) mass is 259 g/mol. The molecular formula is C12H10ClN5. The number of fused-ring (bicyclic) bond motifs is 1. The number of imidazole rings is 1. The molecule has 0 aliphatic rings. The van der Waals surface area contributed by atoms with E-state index in [1.165, 1.54) is 6.33 Å². The molecule has 2 heterocycles. The topological polar surface area (TPSA) is 69.6 Å². The average molecular weight is 260 g/mol. The Bertz CT molecular complexity index is 734. The first-order valence-electron chi connectivity index (χ1n) is 5.37. The minimum absolute atomic E-state index is 0.353. The third kappa shape index (κ3) is 1.60. The van der Waals surface area contributed by atoms with Gasteiger partial charge in [-0.1, -0.05) is 11.6 Å². The summed E-state index contributed by atoms with van der Waals surface area (Å²) in [5.74, 6) is 0. The zero-order valence-electron chi connectivity index (χ0n) is 9.63. The van der Waals surface area contributed by atoms with Crippen LogP contribution in [0.25, 0.3) is 16.9 Å². The number of benzene rings is 1. The molecule has 3 aromatic rings. The molecule has 0 aliphatic heterocycles. The van der Waals surface area contributed by atoms with E-state index in [0.29, 0.717) is 16.3 Å². The molecule has 0 amide bonds. The highest BCUT2D eigenvalue weighted by Gasteiger charge is 2.10. The molecule has 0 atom stereocenters. The number of hydrogen-bond acceptors (Lipinski definition) is 4. The molecule has 0 bridgehead atoms. The number of aryl methyl sites for hydroxylation is 1. The lowest BCUT2D eigenvalue weighted by molar-refractivity contribution is 1.06. The van der Waals surface area contributed by atoms with Crippen LogP contribution in [0.4, 0.5) is 5.69 Å². The van der Waals surface area contributed by atoms with Crippen LogP contribution >= 0.6 is 11.6 Å². The lowest BCUT2D eigenvalue weighted by Crippen LogP contribution is -1.97. The maximum absolute atomic E-state index is 5.97. The van der Waals surface area contributed by atoms with Crippen LogP contribution in [0.5, 0.6) is 0 Å². The van der Waals surface area contributed by atoms with Gasteiger partial charge < -0.3 is 5.73 Å². The Morgan fingerprint density at radius 1 is 1.22 bits per heavy atom. The van der Waals surface area contributed by atoms with E-state index in [1.807, 2.05) is 29.7 Å². The van der Waals surface area contributed by atoms with Crippen LogP contribution in [0.3, 0.4) is 0 Å². The molecule has 0 saturated carbocycles. The molecule has 0 saturated heterocycles. The summed E-state index contributed by atoms with van der Waals surface area (Å²) in [6.07, 6.45) is 3.10. The van der Waals surface area contributed by atoms with Crippen molar-refractivity contribution < 1.29 is 0 Å². The summed E-state index contributed by atoms with van der Waals surface area (Å²) in [4.78, 5) is 12.3. The largest absolute Gasteiger partial charge is 0.399 e. The highest BCUT2D eigenvalue weighted by atomic mass is 35.5. The van der Waals surface area contributed by atoms with Gasteiger partial charge in [-0.05, 0) is 30.7 Å². The fourth-order valence-corrected chi connectivity index (χ4v) is 1.98. The molecule has 1 aromatic carbocycles. The van der Waals surface area contributed by atoms with E-state index in [1.54, 1.807) is 6.33 Å². The van der Waals surface area contributed by atoms with E-state index in [2.05, 4.69) is 15.0 Å². The molecule has 5 nitrogen and oxygen atoms in total. The van der Waals surface area contributed by atoms with Crippen molar-refractivity contribution in [1.29, 1.82) is 0 Å². The number of nitrogen functional groups attached to an aromatic ring is 1. The summed E-state index contributed by atoms with van der Waals surface area (Å²) in [6.45, 7) is 1.96. The summed E-state index contributed by atoms with van der Waals surface area (Å²) < 4.78 is 1.86. The van der Waals surface area contributed by atoms with Crippen LogP contribution in [-0.4, -0.2) is 19.5 Å². The maximum Gasteiger partial charge on any atom is 0.169 e. The van der Waals surface area contributed by atoms with Crippen LogP contribution in [0.1, 0.15) is 5.56 Å². The standard InChI is InChI=1S/C12H10ClN5/c1-7-4-8(2-3-9(7)14)18-6-17-10-11(13)15-5-16-12(10)18/h2-6H,14H2,1H3. The molecule has 0 aliphatic carbocycles. The minimum atomic E-state index is 0.353. The second-order valence-electron chi connectivity index (χ2n) is 3.99. The van der Waals surface area contributed by atoms with Crippen LogP contribution in [0, 0.1) is 6.92 Å². The third-order valence-electron chi connectivity index (χ3n) is 2.82. The van der Waals surface area contributed by atoms with Crippen molar-refractivity contribution in [3.05, 3.63) is 41.6 Å². The van der Waals surface area contributed by atoms with E-state index >= 15 is 0 Å². The Balaban J connectivity index is 2.25. The van der Waals surface area contributed by atoms with Gasteiger partial charge in [0.2, 0.25) is 0 Å². The Kier molecular flexibility index (Phi) is 2.41. The Morgan fingerprint density at radius 3 is 2.83 bits per heavy atom. The number of nitrogens with zero attached hydrogens (tertiary/aromatic N) is 4. The van der Waals surface area contributed by atoms with Crippen molar-refractivity contribution in [2.75, 3.05) is 5.73 Å². The lowest BCUT2D eigenvalue weighted by atomic mass is 10.2. The van der Waals surface area contributed by atoms with Gasteiger partial charge >= 0.3 is 0 Å². The zero-order valence-corrected chi connectivity index (χ0v) is 10.4. The van der Waals surface area contributed by atoms with E-state index in [4.69, 9.17) is 17.3 Å². The number of hydrogen-bond donors (Lipinski definition) is 1. The number of rotatable bonds is 1. The summed E-state index contributed by atoms with van der Waals surface area (Å²) in [7, 11) is 0. The first kappa shape index (κ1) is 11.0. The molecule has 18 heavy (non-hydrogen) atoms. The first-order chi connectivity index (χ1) is 8.66. The number of nitrogens with two attached hydrogens (primary N) is 1. The molecule has 0 radical (unpaired) electrons. The van der Waals surface area contributed by atoms with Crippen molar-refractivity contribution in [3.63, 3.8) is 0 Å². The second-order valence-corrected chi connectivity index (χ2v) is 4.35. The Labute approximate surface area is 108 Å². The number of anilines is 1. The SMILES string of the molecule is Cc1cc(-n2cnc3c(Cl)ncnc32)ccc1N. The molecular weight excluding hydrogens is 250 g/mol. The second kappa shape index (κ2) is 3.96. The van der Waals surface area contributed by atoms with Gasteiger partial charge in [0.1, 0.15) is 18.2 Å². The van der Waals surface area contributed by atoms with E-state index in [0.717, 1.165) is 16.9 Å². The minimum Gasteiger partial charge on any atom is -0.399 e. The predicted molar refractivity (Wildman–Crippen MR) is 70.8 cm³/mol. The number of halogens is 1. The van der Waals surface area contributed by atoms with Crippen molar-refractivity contribution in [1.82, 2.24) is 19.5 Å². The molecule has 0 spiro atoms. The molecule has 0 unspecified atom stereocenters. The van der Waals surface area contributed by atoms with Crippen LogP contribution < -0.4 is 5.73 Å². The summed E-state index contributed by atoms with van der Waals surface area (Å²) in [6, 6.07) is 5.76. The van der Waals surface area contributed by atoms with Crippen molar-refractivity contribution >= 4 is 28.5 Å². The lowest BCUT2D eigenvalue weighted by Gasteiger charge is -2.06. The highest BCUT2D eigenvalue weighted by molar-refractivity contribution is 6.33. The Morgan fingerprint density at radius 2 is 2.06 bits per heavy atom. The van der Waals surface area contributed by atoms with Gasteiger partial charge in [-0.25, -0.2) is 15.0 Å². The van der Waals surface area contributed by atoms with Crippen LogP contribution in [-0.2, 0) is 0 Å². The summed E-state index contributed by atoms with van der Waals surface area (Å²) in [5, 5.41) is 0.353. The zero-order chi connectivity index (χ0) is 12.7. The first-order valence-corrected chi connectivity index (χ1v) is 5.74. The fourth-order valence-electron chi connectivity index (χ4n) is 1.80. The van der Waals surface area contributed by atoms with Gasteiger partial charge in [-0.15, -0.1) is 0 Å². The molecule has 6 heteroatoms. The maximum atomic E-state index is 5.97. The van der Waals surface area contributed by atoms with E-state index < -0.39 is 0 Å². The quantitative estimate of drug-likeness (QED) is 0.538. The molecule has 2 N–H and O–H groups in total. The Hall–Kier alpha value is -2.14. The molecule has 90 valence electrons. The van der Waals surface area contributed by atoms with Crippen LogP contribution in [0.15, 0.2) is 30.9 Å². The summed E-state index contributed by atoms with van der Waals surface area (Å²) >= 11 is 5.97. The normalized spacial score (nSPS) is 11.0. The van der Waals surface area contributed by atoms with Crippen LogP contribution in [0.2, 0.25) is 5.15 Å². The van der Waals surface area contributed by atoms with Gasteiger partial charge in [0.05, 0.1) is 0 Å². The predicted octanol–water partition coefficient (Wildman–Crippen LogP) is 2.36. The third-order valence-corrected chi connectivity index (χ3v) is 3.10. The van der Waals surface area contributed by atoms with Crippen molar-refractivity contribution in [2.24, 2.45) is 0 Å². The van der Waals surface area contributed by atoms with E-state index in [9.17, 15) is 0 Å². The van der Waals surface area contributed by atoms with Gasteiger partial charge in [0.15, 0.2) is 10.8 Å².